The van der Waals surface area contributed by atoms with Crippen molar-refractivity contribution in [1.82, 2.24) is 0 Å². The molecule has 3 nitrogen and oxygen atoms in total. The molecular formula is C10H11ClN2O. The van der Waals surface area contributed by atoms with Crippen LogP contribution in [0.3, 0.4) is 0 Å². The summed E-state index contributed by atoms with van der Waals surface area (Å²) in [6.07, 6.45) is 0.439. The van der Waals surface area contributed by atoms with Crippen LogP contribution in [0.15, 0.2) is 18.2 Å². The van der Waals surface area contributed by atoms with Crippen LogP contribution < -0.4 is 5.73 Å². The van der Waals surface area contributed by atoms with Crippen molar-refractivity contribution in [2.45, 2.75) is 12.5 Å². The van der Waals surface area contributed by atoms with E-state index in [1.54, 1.807) is 18.2 Å². The maximum Gasteiger partial charge on any atom is 0.0991 e. The van der Waals surface area contributed by atoms with Gasteiger partial charge in [-0.2, -0.15) is 5.26 Å². The highest BCUT2D eigenvalue weighted by atomic mass is 35.5. The second-order valence-electron chi connectivity index (χ2n) is 2.97. The first-order valence-electron chi connectivity index (χ1n) is 4.25. The van der Waals surface area contributed by atoms with Crippen molar-refractivity contribution in [2.24, 2.45) is 5.73 Å². The normalized spacial score (nSPS) is 12.1. The smallest absolute Gasteiger partial charge is 0.0991 e. The maximum atomic E-state index is 8.73. The summed E-state index contributed by atoms with van der Waals surface area (Å²) in [4.78, 5) is 0. The van der Waals surface area contributed by atoms with Crippen molar-refractivity contribution in [3.8, 4) is 6.07 Å². The van der Waals surface area contributed by atoms with E-state index in [0.717, 1.165) is 0 Å². The third-order valence-corrected chi connectivity index (χ3v) is 2.31. The molecule has 4 heteroatoms. The average molecular weight is 211 g/mol. The Kier molecular flexibility index (Phi) is 3.90. The van der Waals surface area contributed by atoms with Crippen LogP contribution in [0.5, 0.6) is 0 Å². The fraction of sp³-hybridized carbons (Fsp3) is 0.300. The molecule has 0 aliphatic heterocycles. The molecule has 0 saturated carbocycles. The summed E-state index contributed by atoms with van der Waals surface area (Å²) >= 11 is 5.91. The van der Waals surface area contributed by atoms with Crippen molar-refractivity contribution in [3.05, 3.63) is 34.3 Å². The van der Waals surface area contributed by atoms with E-state index >= 15 is 0 Å². The first-order valence-corrected chi connectivity index (χ1v) is 4.63. The molecule has 0 bridgehead atoms. The minimum Gasteiger partial charge on any atom is -0.396 e. The predicted octanol–water partition coefficient (Wildman–Crippen LogP) is 1.59. The molecule has 0 aliphatic rings. The average Bonchev–Trinajstić information content (AvgIpc) is 2.19. The van der Waals surface area contributed by atoms with Gasteiger partial charge in [-0.1, -0.05) is 11.6 Å². The van der Waals surface area contributed by atoms with Crippen molar-refractivity contribution in [1.29, 1.82) is 5.26 Å². The number of aliphatic hydroxyl groups excluding tert-OH is 1. The number of hydrogen-bond donors (Lipinski definition) is 2. The van der Waals surface area contributed by atoms with Crippen LogP contribution in [-0.4, -0.2) is 11.7 Å². The van der Waals surface area contributed by atoms with E-state index in [4.69, 9.17) is 27.7 Å². The van der Waals surface area contributed by atoms with Gasteiger partial charge in [-0.3, -0.25) is 0 Å². The molecule has 0 heterocycles. The number of hydrogen-bond acceptors (Lipinski definition) is 3. The summed E-state index contributed by atoms with van der Waals surface area (Å²) in [7, 11) is 0. The number of halogens is 1. The van der Waals surface area contributed by atoms with Crippen LogP contribution in [0.25, 0.3) is 0 Å². The summed E-state index contributed by atoms with van der Waals surface area (Å²) < 4.78 is 0. The molecule has 1 rings (SSSR count). The Bertz CT molecular complexity index is 360. The van der Waals surface area contributed by atoms with Gasteiger partial charge in [0.2, 0.25) is 0 Å². The SMILES string of the molecule is N#Cc1ccc(Cl)c(C(N)CCO)c1. The van der Waals surface area contributed by atoms with E-state index in [1.807, 2.05) is 6.07 Å². The number of rotatable bonds is 3. The Morgan fingerprint density at radius 3 is 2.86 bits per heavy atom. The van der Waals surface area contributed by atoms with E-state index in [2.05, 4.69) is 0 Å². The Labute approximate surface area is 87.7 Å². The summed E-state index contributed by atoms with van der Waals surface area (Å²) in [6.45, 7) is 0.00821. The van der Waals surface area contributed by atoms with Gasteiger partial charge in [-0.05, 0) is 30.2 Å². The highest BCUT2D eigenvalue weighted by Gasteiger charge is 2.10. The van der Waals surface area contributed by atoms with Gasteiger partial charge in [0.25, 0.3) is 0 Å². The van der Waals surface area contributed by atoms with E-state index < -0.39 is 0 Å². The molecule has 1 unspecified atom stereocenters. The Morgan fingerprint density at radius 2 is 2.29 bits per heavy atom. The van der Waals surface area contributed by atoms with E-state index in [9.17, 15) is 0 Å². The van der Waals surface area contributed by atoms with E-state index in [-0.39, 0.29) is 12.6 Å². The van der Waals surface area contributed by atoms with Crippen LogP contribution in [0.1, 0.15) is 23.6 Å². The van der Waals surface area contributed by atoms with Gasteiger partial charge >= 0.3 is 0 Å². The van der Waals surface area contributed by atoms with Crippen molar-refractivity contribution in [2.75, 3.05) is 6.61 Å². The van der Waals surface area contributed by atoms with Crippen LogP contribution in [-0.2, 0) is 0 Å². The molecule has 1 aromatic carbocycles. The van der Waals surface area contributed by atoms with Gasteiger partial charge in [0.1, 0.15) is 0 Å². The highest BCUT2D eigenvalue weighted by Crippen LogP contribution is 2.24. The second kappa shape index (κ2) is 4.97. The number of nitrogens with two attached hydrogens (primary N) is 1. The lowest BCUT2D eigenvalue weighted by Crippen LogP contribution is -2.12. The topological polar surface area (TPSA) is 70.0 Å². The molecule has 1 atom stereocenters. The standard InChI is InChI=1S/C10H11ClN2O/c11-9-2-1-7(6-12)5-8(9)10(13)3-4-14/h1-2,5,10,14H,3-4,13H2. The zero-order valence-electron chi connectivity index (χ0n) is 7.57. The van der Waals surface area contributed by atoms with Crippen LogP contribution in [0.4, 0.5) is 0 Å². The molecule has 0 aromatic heterocycles. The summed E-state index contributed by atoms with van der Waals surface area (Å²) in [5, 5.41) is 17.9. The van der Waals surface area contributed by atoms with Gasteiger partial charge in [0.15, 0.2) is 0 Å². The number of aliphatic hydroxyl groups is 1. The quantitative estimate of drug-likeness (QED) is 0.796. The fourth-order valence-corrected chi connectivity index (χ4v) is 1.45. The molecule has 14 heavy (non-hydrogen) atoms. The largest absolute Gasteiger partial charge is 0.396 e. The fourth-order valence-electron chi connectivity index (χ4n) is 1.19. The third-order valence-electron chi connectivity index (χ3n) is 1.96. The Hall–Kier alpha value is -1.08. The molecule has 74 valence electrons. The van der Waals surface area contributed by atoms with Crippen molar-refractivity contribution < 1.29 is 5.11 Å². The molecule has 3 N–H and O–H groups in total. The molecule has 0 amide bonds. The van der Waals surface area contributed by atoms with Gasteiger partial charge in [0.05, 0.1) is 11.6 Å². The van der Waals surface area contributed by atoms with Gasteiger partial charge < -0.3 is 10.8 Å². The number of benzene rings is 1. The summed E-state index contributed by atoms with van der Waals surface area (Å²) in [6, 6.07) is 6.63. The van der Waals surface area contributed by atoms with E-state index in [0.29, 0.717) is 22.6 Å². The molecular weight excluding hydrogens is 200 g/mol. The Morgan fingerprint density at radius 1 is 1.57 bits per heavy atom. The zero-order chi connectivity index (χ0) is 10.6. The summed E-state index contributed by atoms with van der Waals surface area (Å²) in [5.74, 6) is 0. The second-order valence-corrected chi connectivity index (χ2v) is 3.37. The zero-order valence-corrected chi connectivity index (χ0v) is 8.33. The molecule has 0 radical (unpaired) electrons. The first-order chi connectivity index (χ1) is 6.69. The van der Waals surface area contributed by atoms with Gasteiger partial charge in [-0.25, -0.2) is 0 Å². The van der Waals surface area contributed by atoms with E-state index in [1.165, 1.54) is 0 Å². The monoisotopic (exact) mass is 210 g/mol. The molecule has 0 fully saturated rings. The first kappa shape index (κ1) is 11.0. The lowest BCUT2D eigenvalue weighted by molar-refractivity contribution is 0.276. The van der Waals surface area contributed by atoms with Gasteiger partial charge in [-0.15, -0.1) is 0 Å². The highest BCUT2D eigenvalue weighted by molar-refractivity contribution is 6.31. The lowest BCUT2D eigenvalue weighted by atomic mass is 10.0. The number of nitriles is 1. The summed E-state index contributed by atoms with van der Waals surface area (Å²) in [5.41, 5.74) is 7.01. The lowest BCUT2D eigenvalue weighted by Gasteiger charge is -2.12. The maximum absolute atomic E-state index is 8.73. The predicted molar refractivity (Wildman–Crippen MR) is 54.8 cm³/mol. The van der Waals surface area contributed by atoms with Crippen LogP contribution in [0.2, 0.25) is 5.02 Å². The Balaban J connectivity index is 3.01. The molecule has 0 aliphatic carbocycles. The third kappa shape index (κ3) is 2.46. The number of nitrogens with zero attached hydrogens (tertiary/aromatic N) is 1. The van der Waals surface area contributed by atoms with Crippen molar-refractivity contribution >= 4 is 11.6 Å². The minimum absolute atomic E-state index is 0.00821. The van der Waals surface area contributed by atoms with Crippen LogP contribution in [0, 0.1) is 11.3 Å². The van der Waals surface area contributed by atoms with Gasteiger partial charge in [0, 0.05) is 17.7 Å². The van der Waals surface area contributed by atoms with Crippen molar-refractivity contribution in [3.63, 3.8) is 0 Å². The molecule has 0 saturated heterocycles. The minimum atomic E-state index is -0.319. The molecule has 0 spiro atoms. The molecule has 1 aromatic rings. The van der Waals surface area contributed by atoms with Crippen LogP contribution >= 0.6 is 11.6 Å².